The molecule has 1 aromatic rings. The molecule has 7 heteroatoms. The van der Waals surface area contributed by atoms with Gasteiger partial charge < -0.3 is 15.4 Å². The van der Waals surface area contributed by atoms with Crippen LogP contribution in [-0.4, -0.2) is 30.4 Å². The Hall–Kier alpha value is -2.92. The molecule has 0 fully saturated rings. The van der Waals surface area contributed by atoms with E-state index in [-0.39, 0.29) is 0 Å². The minimum absolute atomic E-state index is 0.529. The van der Waals surface area contributed by atoms with E-state index in [0.717, 1.165) is 5.56 Å². The van der Waals surface area contributed by atoms with Gasteiger partial charge in [0, 0.05) is 5.69 Å². The lowest BCUT2D eigenvalue weighted by atomic mass is 10.2. The molecule has 0 aliphatic carbocycles. The standard InChI is InChI=1S/C15H17N3O4/c1-4-12-5-7-13(8-6-12)18-15(21)17-11(3)22-14(20)10(2)16-9-19/h4-8,10-11H,1H2,2-3H3,(H2,17,18,21). The zero-order chi connectivity index (χ0) is 16.5. The fourth-order valence-corrected chi connectivity index (χ4v) is 1.49. The zero-order valence-corrected chi connectivity index (χ0v) is 12.3. The molecule has 0 heterocycles. The molecule has 0 aliphatic heterocycles. The first kappa shape index (κ1) is 17.1. The number of aliphatic imine (C=N–C) groups is 1. The highest BCUT2D eigenvalue weighted by Gasteiger charge is 2.17. The van der Waals surface area contributed by atoms with Crippen LogP contribution in [0, 0.1) is 0 Å². The summed E-state index contributed by atoms with van der Waals surface area (Å²) in [5, 5.41) is 5.02. The Labute approximate surface area is 128 Å². The number of anilines is 1. The Morgan fingerprint density at radius 2 is 1.95 bits per heavy atom. The van der Waals surface area contributed by atoms with Gasteiger partial charge in [-0.2, -0.15) is 4.99 Å². The van der Waals surface area contributed by atoms with Crippen LogP contribution >= 0.6 is 0 Å². The van der Waals surface area contributed by atoms with Gasteiger partial charge >= 0.3 is 12.0 Å². The molecule has 0 aliphatic rings. The SMILES string of the molecule is C=Cc1ccc(NC(=O)NC(C)OC(=O)C(C)N=C=O)cc1. The second-order valence-corrected chi connectivity index (χ2v) is 4.40. The molecule has 116 valence electrons. The van der Waals surface area contributed by atoms with Crippen LogP contribution in [-0.2, 0) is 14.3 Å². The fraction of sp³-hybridized carbons (Fsp3) is 0.267. The van der Waals surface area contributed by atoms with Crippen LogP contribution in [0.3, 0.4) is 0 Å². The molecule has 0 saturated carbocycles. The summed E-state index contributed by atoms with van der Waals surface area (Å²) in [6, 6.07) is 5.54. The summed E-state index contributed by atoms with van der Waals surface area (Å²) in [4.78, 5) is 36.5. The van der Waals surface area contributed by atoms with Gasteiger partial charge in [-0.05, 0) is 31.5 Å². The lowest BCUT2D eigenvalue weighted by molar-refractivity contribution is -0.150. The van der Waals surface area contributed by atoms with Crippen LogP contribution < -0.4 is 10.6 Å². The maximum atomic E-state index is 11.7. The fourth-order valence-electron chi connectivity index (χ4n) is 1.49. The molecule has 2 unspecified atom stereocenters. The molecule has 2 N–H and O–H groups in total. The highest BCUT2D eigenvalue weighted by Crippen LogP contribution is 2.10. The Balaban J connectivity index is 2.48. The molecule has 2 amide bonds. The zero-order valence-electron chi connectivity index (χ0n) is 12.3. The molecular weight excluding hydrogens is 286 g/mol. The number of amides is 2. The minimum Gasteiger partial charge on any atom is -0.440 e. The van der Waals surface area contributed by atoms with Crippen LogP contribution in [0.4, 0.5) is 10.5 Å². The predicted octanol–water partition coefficient (Wildman–Crippen LogP) is 2.06. The molecule has 0 spiro atoms. The third-order valence-corrected chi connectivity index (χ3v) is 2.62. The van der Waals surface area contributed by atoms with E-state index < -0.39 is 24.3 Å². The smallest absolute Gasteiger partial charge is 0.333 e. The number of nitrogens with one attached hydrogen (secondary N) is 2. The third-order valence-electron chi connectivity index (χ3n) is 2.62. The number of benzene rings is 1. The molecule has 0 saturated heterocycles. The molecule has 7 nitrogen and oxygen atoms in total. The number of isocyanates is 1. The van der Waals surface area contributed by atoms with Crippen molar-refractivity contribution in [3.63, 3.8) is 0 Å². The summed E-state index contributed by atoms with van der Waals surface area (Å²) in [7, 11) is 0. The maximum Gasteiger partial charge on any atom is 0.333 e. The van der Waals surface area contributed by atoms with Crippen molar-refractivity contribution in [1.29, 1.82) is 0 Å². The largest absolute Gasteiger partial charge is 0.440 e. The Bertz CT molecular complexity index is 591. The van der Waals surface area contributed by atoms with E-state index >= 15 is 0 Å². The van der Waals surface area contributed by atoms with Crippen molar-refractivity contribution in [3.05, 3.63) is 36.4 Å². The van der Waals surface area contributed by atoms with E-state index in [9.17, 15) is 14.4 Å². The number of rotatable bonds is 6. The summed E-state index contributed by atoms with van der Waals surface area (Å²) in [6.07, 6.45) is 2.09. The topological polar surface area (TPSA) is 96.9 Å². The van der Waals surface area contributed by atoms with Gasteiger partial charge in [0.1, 0.15) is 0 Å². The van der Waals surface area contributed by atoms with Crippen molar-refractivity contribution in [3.8, 4) is 0 Å². The molecule has 22 heavy (non-hydrogen) atoms. The van der Waals surface area contributed by atoms with Gasteiger partial charge in [0.2, 0.25) is 6.08 Å². The van der Waals surface area contributed by atoms with Gasteiger partial charge in [0.25, 0.3) is 0 Å². The Morgan fingerprint density at radius 1 is 1.32 bits per heavy atom. The van der Waals surface area contributed by atoms with Gasteiger partial charge in [-0.1, -0.05) is 24.8 Å². The number of hydrogen-bond acceptors (Lipinski definition) is 5. The van der Waals surface area contributed by atoms with E-state index in [4.69, 9.17) is 4.74 Å². The van der Waals surface area contributed by atoms with Gasteiger partial charge in [-0.3, -0.25) is 0 Å². The summed E-state index contributed by atoms with van der Waals surface area (Å²) in [6.45, 7) is 6.51. The van der Waals surface area contributed by atoms with Gasteiger partial charge in [0.15, 0.2) is 12.3 Å². The average molecular weight is 303 g/mol. The number of nitrogens with zero attached hydrogens (tertiary/aromatic N) is 1. The number of carbonyl (C=O) groups excluding carboxylic acids is 3. The third kappa shape index (κ3) is 5.60. The predicted molar refractivity (Wildman–Crippen MR) is 81.8 cm³/mol. The molecule has 1 rings (SSSR count). The van der Waals surface area contributed by atoms with Gasteiger partial charge in [-0.15, -0.1) is 0 Å². The lowest BCUT2D eigenvalue weighted by Crippen LogP contribution is -2.40. The Morgan fingerprint density at radius 3 is 2.50 bits per heavy atom. The number of urea groups is 1. The van der Waals surface area contributed by atoms with Crippen molar-refractivity contribution in [1.82, 2.24) is 5.32 Å². The van der Waals surface area contributed by atoms with Gasteiger partial charge in [0.05, 0.1) is 0 Å². The summed E-state index contributed by atoms with van der Waals surface area (Å²) in [5.41, 5.74) is 1.51. The Kier molecular flexibility index (Phi) is 6.53. The molecule has 1 aromatic carbocycles. The highest BCUT2D eigenvalue weighted by molar-refractivity contribution is 5.89. The van der Waals surface area contributed by atoms with Crippen LogP contribution in [0.2, 0.25) is 0 Å². The van der Waals surface area contributed by atoms with Crippen molar-refractivity contribution >= 4 is 29.8 Å². The summed E-state index contributed by atoms with van der Waals surface area (Å²) in [5.74, 6) is -0.730. The second-order valence-electron chi connectivity index (χ2n) is 4.40. The van der Waals surface area contributed by atoms with E-state index in [0.29, 0.717) is 5.69 Å². The summed E-state index contributed by atoms with van der Waals surface area (Å²) < 4.78 is 4.91. The molecular formula is C15H17N3O4. The minimum atomic E-state index is -0.962. The summed E-state index contributed by atoms with van der Waals surface area (Å²) >= 11 is 0. The maximum absolute atomic E-state index is 11.7. The average Bonchev–Trinajstić information content (AvgIpc) is 2.47. The quantitative estimate of drug-likeness (QED) is 0.364. The highest BCUT2D eigenvalue weighted by atomic mass is 16.6. The van der Waals surface area contributed by atoms with E-state index in [2.05, 4.69) is 22.2 Å². The van der Waals surface area contributed by atoms with Crippen molar-refractivity contribution < 1.29 is 19.1 Å². The van der Waals surface area contributed by atoms with Crippen molar-refractivity contribution in [2.24, 2.45) is 4.99 Å². The van der Waals surface area contributed by atoms with E-state index in [1.807, 2.05) is 0 Å². The monoisotopic (exact) mass is 303 g/mol. The molecule has 0 radical (unpaired) electrons. The van der Waals surface area contributed by atoms with E-state index in [1.54, 1.807) is 30.3 Å². The van der Waals surface area contributed by atoms with Crippen LogP contribution in [0.1, 0.15) is 19.4 Å². The van der Waals surface area contributed by atoms with Crippen LogP contribution in [0.5, 0.6) is 0 Å². The first-order chi connectivity index (χ1) is 10.5. The first-order valence-electron chi connectivity index (χ1n) is 6.53. The van der Waals surface area contributed by atoms with E-state index in [1.165, 1.54) is 19.9 Å². The van der Waals surface area contributed by atoms with Crippen LogP contribution in [0.15, 0.2) is 35.8 Å². The molecule has 2 atom stereocenters. The normalized spacial score (nSPS) is 12.3. The van der Waals surface area contributed by atoms with Crippen molar-refractivity contribution in [2.45, 2.75) is 26.1 Å². The first-order valence-corrected chi connectivity index (χ1v) is 6.53. The van der Waals surface area contributed by atoms with Gasteiger partial charge in [-0.25, -0.2) is 14.4 Å². The second kappa shape index (κ2) is 8.39. The van der Waals surface area contributed by atoms with Crippen molar-refractivity contribution in [2.75, 3.05) is 5.32 Å². The lowest BCUT2D eigenvalue weighted by Gasteiger charge is -2.16. The molecule has 0 bridgehead atoms. The number of carbonyl (C=O) groups is 2. The van der Waals surface area contributed by atoms with Crippen LogP contribution in [0.25, 0.3) is 6.08 Å². The number of hydrogen-bond donors (Lipinski definition) is 2. The number of ether oxygens (including phenoxy) is 1. The number of esters is 1. The molecule has 0 aromatic heterocycles.